The highest BCUT2D eigenvalue weighted by molar-refractivity contribution is 7.90. The van der Waals surface area contributed by atoms with Gasteiger partial charge in [-0.3, -0.25) is 24.0 Å². The van der Waals surface area contributed by atoms with Crippen molar-refractivity contribution in [3.63, 3.8) is 0 Å². The van der Waals surface area contributed by atoms with E-state index in [1.807, 2.05) is 13.8 Å². The third-order valence-corrected chi connectivity index (χ3v) is 13.5. The molecule has 5 atom stereocenters. The molecule has 3 saturated carbocycles. The molecule has 1 saturated heterocycles. The lowest BCUT2D eigenvalue weighted by atomic mass is 9.70. The number of Topliss-reactive ketones (excluding diaryl/α,β-unsaturated/α-hetero) is 4. The van der Waals surface area contributed by atoms with Gasteiger partial charge in [-0.25, -0.2) is 8.42 Å². The van der Waals surface area contributed by atoms with Crippen LogP contribution in [0.15, 0.2) is 0 Å². The Balaban J connectivity index is 1.56. The molecule has 4 fully saturated rings. The molecule has 1 amide bonds. The largest absolute Gasteiger partial charge is 0.332 e. The number of ketones is 4. The van der Waals surface area contributed by atoms with Crippen LogP contribution in [0.4, 0.5) is 0 Å². The minimum atomic E-state index is -3.28. The van der Waals surface area contributed by atoms with Gasteiger partial charge in [0.2, 0.25) is 11.7 Å². The van der Waals surface area contributed by atoms with Gasteiger partial charge in [0.25, 0.3) is 0 Å². The first-order chi connectivity index (χ1) is 22.1. The number of fused-ring (bicyclic) bond motifs is 1. The Labute approximate surface area is 283 Å². The number of carbonyl (C=O) groups excluding carboxylic acids is 5. The molecule has 0 aromatic rings. The summed E-state index contributed by atoms with van der Waals surface area (Å²) in [6.07, 6.45) is 13.5. The zero-order valence-electron chi connectivity index (χ0n) is 29.8. The van der Waals surface area contributed by atoms with Gasteiger partial charge in [0.05, 0.1) is 11.8 Å². The maximum Gasteiger partial charge on any atom is 0.227 e. The van der Waals surface area contributed by atoms with Crippen LogP contribution in [-0.4, -0.2) is 67.0 Å². The first-order valence-electron chi connectivity index (χ1n) is 18.7. The highest BCUT2D eigenvalue weighted by atomic mass is 32.2. The smallest absolute Gasteiger partial charge is 0.227 e. The van der Waals surface area contributed by atoms with Crippen molar-refractivity contribution >= 4 is 38.9 Å². The molecular formula is C38H61NO7S. The molecule has 0 spiro atoms. The van der Waals surface area contributed by atoms with E-state index in [0.29, 0.717) is 38.6 Å². The van der Waals surface area contributed by atoms with Gasteiger partial charge in [-0.1, -0.05) is 79.1 Å². The predicted molar refractivity (Wildman–Crippen MR) is 183 cm³/mol. The molecule has 2 unspecified atom stereocenters. The number of carbonyl (C=O) groups is 5. The first-order valence-corrected chi connectivity index (χ1v) is 20.8. The maximum absolute atomic E-state index is 14.6. The number of piperidine rings is 1. The van der Waals surface area contributed by atoms with E-state index in [1.165, 1.54) is 6.26 Å². The molecule has 1 aliphatic heterocycles. The highest BCUT2D eigenvalue weighted by Crippen LogP contribution is 2.65. The lowest BCUT2D eigenvalue weighted by Crippen LogP contribution is -2.50. The monoisotopic (exact) mass is 675 g/mol. The van der Waals surface area contributed by atoms with Crippen LogP contribution in [0.2, 0.25) is 0 Å². The third kappa shape index (κ3) is 9.21. The second-order valence-electron chi connectivity index (χ2n) is 16.5. The molecule has 0 N–H and O–H groups in total. The second kappa shape index (κ2) is 15.8. The Hall–Kier alpha value is -1.90. The fraction of sp³-hybridized carbons (Fsp3) is 0.868. The van der Waals surface area contributed by atoms with E-state index in [4.69, 9.17) is 0 Å². The van der Waals surface area contributed by atoms with Gasteiger partial charge in [-0.15, -0.1) is 0 Å². The fourth-order valence-corrected chi connectivity index (χ4v) is 11.3. The van der Waals surface area contributed by atoms with Crippen molar-refractivity contribution < 1.29 is 32.4 Å². The number of unbranched alkanes of at least 4 members (excludes halogenated alkanes) is 1. The molecule has 1 heterocycles. The van der Waals surface area contributed by atoms with E-state index >= 15 is 0 Å². The van der Waals surface area contributed by atoms with Gasteiger partial charge in [-0.05, 0) is 67.1 Å². The summed E-state index contributed by atoms with van der Waals surface area (Å²) in [7, 11) is -3.28. The lowest BCUT2D eigenvalue weighted by Gasteiger charge is -2.38. The van der Waals surface area contributed by atoms with Crippen LogP contribution in [0, 0.1) is 40.4 Å². The van der Waals surface area contributed by atoms with E-state index in [-0.39, 0.29) is 72.1 Å². The summed E-state index contributed by atoms with van der Waals surface area (Å²) in [6.45, 7) is 8.68. The summed E-state index contributed by atoms with van der Waals surface area (Å²) in [5, 5.41) is 0. The molecule has 4 rings (SSSR count). The van der Waals surface area contributed by atoms with Gasteiger partial charge >= 0.3 is 0 Å². The molecule has 0 aromatic carbocycles. The van der Waals surface area contributed by atoms with E-state index in [0.717, 1.165) is 57.8 Å². The minimum absolute atomic E-state index is 0.00746. The van der Waals surface area contributed by atoms with E-state index < -0.39 is 44.7 Å². The van der Waals surface area contributed by atoms with Crippen LogP contribution in [0.25, 0.3) is 0 Å². The maximum atomic E-state index is 14.6. The van der Waals surface area contributed by atoms with Crippen molar-refractivity contribution in [2.24, 2.45) is 40.4 Å². The normalized spacial score (nSPS) is 26.7. The van der Waals surface area contributed by atoms with Crippen molar-refractivity contribution in [3.8, 4) is 0 Å². The van der Waals surface area contributed by atoms with E-state index in [9.17, 15) is 32.4 Å². The fourth-order valence-electron chi connectivity index (χ4n) is 9.78. The van der Waals surface area contributed by atoms with Crippen molar-refractivity contribution in [1.82, 2.24) is 4.90 Å². The van der Waals surface area contributed by atoms with Gasteiger partial charge < -0.3 is 4.90 Å². The number of hydrogen-bond donors (Lipinski definition) is 0. The highest BCUT2D eigenvalue weighted by Gasteiger charge is 2.69. The average molecular weight is 676 g/mol. The predicted octanol–water partition coefficient (Wildman–Crippen LogP) is 6.71. The van der Waals surface area contributed by atoms with Crippen molar-refractivity contribution in [2.45, 2.75) is 149 Å². The molecule has 4 aliphatic rings. The summed E-state index contributed by atoms with van der Waals surface area (Å²) >= 11 is 0. The number of likely N-dealkylation sites (tertiary alicyclic amines) is 1. The summed E-state index contributed by atoms with van der Waals surface area (Å²) in [5.74, 6) is -2.06. The van der Waals surface area contributed by atoms with Gasteiger partial charge in [0.15, 0.2) is 11.6 Å². The quantitative estimate of drug-likeness (QED) is 0.148. The van der Waals surface area contributed by atoms with Crippen molar-refractivity contribution in [2.75, 3.05) is 18.6 Å². The zero-order valence-corrected chi connectivity index (χ0v) is 30.6. The molecule has 9 heteroatoms. The minimum Gasteiger partial charge on any atom is -0.332 e. The van der Waals surface area contributed by atoms with Crippen molar-refractivity contribution in [1.29, 1.82) is 0 Å². The van der Waals surface area contributed by atoms with Crippen LogP contribution in [-0.2, 0) is 33.8 Å². The standard InChI is InChI=1S/C38H61NO7S/c1-6-8-18-31(41)35(43)27(15-7-2)21-32(42)34-33-30(37(33,3)4)24-39(34)36(44)29(26-16-11-9-12-17-26)22-28(40)23-38(25-47(5,45)46)19-13-10-14-20-38/h26-27,29-30,33-34H,6-25H2,1-5H3/t27?,29-,30?,33-,34+/m0/s1. The molecule has 0 aromatic heterocycles. The Bertz CT molecular complexity index is 1270. The molecule has 47 heavy (non-hydrogen) atoms. The molecule has 266 valence electrons. The van der Waals surface area contributed by atoms with Crippen LogP contribution in [0.3, 0.4) is 0 Å². The summed E-state index contributed by atoms with van der Waals surface area (Å²) < 4.78 is 24.8. The molecule has 0 radical (unpaired) electrons. The van der Waals surface area contributed by atoms with Crippen LogP contribution >= 0.6 is 0 Å². The summed E-state index contributed by atoms with van der Waals surface area (Å²) in [6, 6.07) is -0.642. The van der Waals surface area contributed by atoms with E-state index in [2.05, 4.69) is 13.8 Å². The number of rotatable bonds is 18. The first kappa shape index (κ1) is 37.9. The molecular weight excluding hydrogens is 614 g/mol. The molecule has 3 aliphatic carbocycles. The molecule has 0 bridgehead atoms. The van der Waals surface area contributed by atoms with Crippen LogP contribution in [0.1, 0.15) is 143 Å². The summed E-state index contributed by atoms with van der Waals surface area (Å²) in [5.41, 5.74) is -0.649. The lowest BCUT2D eigenvalue weighted by molar-refractivity contribution is -0.147. The zero-order chi connectivity index (χ0) is 34.6. The van der Waals surface area contributed by atoms with Crippen LogP contribution < -0.4 is 0 Å². The van der Waals surface area contributed by atoms with Gasteiger partial charge in [-0.2, -0.15) is 0 Å². The number of hydrogen-bond acceptors (Lipinski definition) is 7. The number of sulfone groups is 1. The Morgan fingerprint density at radius 3 is 2.11 bits per heavy atom. The number of nitrogens with zero attached hydrogens (tertiary/aromatic N) is 1. The topological polar surface area (TPSA) is 123 Å². The van der Waals surface area contributed by atoms with Gasteiger partial charge in [0, 0.05) is 50.3 Å². The summed E-state index contributed by atoms with van der Waals surface area (Å²) in [4.78, 5) is 70.4. The third-order valence-electron chi connectivity index (χ3n) is 12.3. The molecule has 8 nitrogen and oxygen atoms in total. The number of amides is 1. The van der Waals surface area contributed by atoms with Crippen LogP contribution in [0.5, 0.6) is 0 Å². The second-order valence-corrected chi connectivity index (χ2v) is 18.6. The average Bonchev–Trinajstić information content (AvgIpc) is 3.32. The Kier molecular flexibility index (Phi) is 12.7. The van der Waals surface area contributed by atoms with E-state index in [1.54, 1.807) is 4.90 Å². The Morgan fingerprint density at radius 1 is 0.872 bits per heavy atom. The Morgan fingerprint density at radius 2 is 1.51 bits per heavy atom. The van der Waals surface area contributed by atoms with Gasteiger partial charge in [0.1, 0.15) is 15.6 Å². The van der Waals surface area contributed by atoms with Crippen molar-refractivity contribution in [3.05, 3.63) is 0 Å². The SMILES string of the molecule is CCCCC(=O)C(=O)C(CCC)CC(=O)[C@@H]1[C@@H]2C(CN1C(=O)[C@@H](CC(=O)CC1(CS(C)(=O)=O)CCCCC1)C1CCCCC1)C2(C)C.